The van der Waals surface area contributed by atoms with Gasteiger partial charge in [-0.2, -0.15) is 4.98 Å². The zero-order valence-electron chi connectivity index (χ0n) is 26.2. The molecule has 49 heavy (non-hydrogen) atoms. The molecule has 0 radical (unpaired) electrons. The highest BCUT2D eigenvalue weighted by Crippen LogP contribution is 2.43. The minimum Gasteiger partial charge on any atom is -0.456 e. The summed E-state index contributed by atoms with van der Waals surface area (Å²) in [7, 11) is 0. The van der Waals surface area contributed by atoms with Gasteiger partial charge in [-0.15, -0.1) is 0 Å². The highest BCUT2D eigenvalue weighted by Gasteiger charge is 2.23. The summed E-state index contributed by atoms with van der Waals surface area (Å²) in [6.07, 6.45) is 0. The van der Waals surface area contributed by atoms with Gasteiger partial charge in [0.25, 0.3) is 0 Å². The summed E-state index contributed by atoms with van der Waals surface area (Å²) in [5.41, 5.74) is 9.67. The number of furan rings is 1. The van der Waals surface area contributed by atoms with Crippen LogP contribution in [0, 0.1) is 0 Å². The summed E-state index contributed by atoms with van der Waals surface area (Å²) in [5, 5.41) is 9.00. The fraction of sp³-hybridized carbons (Fsp3) is 0. The first-order chi connectivity index (χ1) is 24.3. The first-order valence-corrected chi connectivity index (χ1v) is 16.5. The van der Waals surface area contributed by atoms with Crippen LogP contribution in [0.3, 0.4) is 0 Å². The number of benzene rings is 8. The molecule has 0 saturated heterocycles. The molecule has 3 heterocycles. The van der Waals surface area contributed by atoms with E-state index < -0.39 is 0 Å². The zero-order valence-corrected chi connectivity index (χ0v) is 26.2. The SMILES string of the molecule is c1ccc(-c2ccc3cc(-c4cc5oc6ccccc6c5c5oc(-n6c7ccccc7c7cc8ccccc8cc76)nc45)ccc3c2)cc1. The molecule has 0 fully saturated rings. The molecule has 4 nitrogen and oxygen atoms in total. The third-order valence-electron chi connectivity index (χ3n) is 9.99. The summed E-state index contributed by atoms with van der Waals surface area (Å²) in [6, 6.07) is 56.1. The fourth-order valence-corrected chi connectivity index (χ4v) is 7.66. The first kappa shape index (κ1) is 26.4. The van der Waals surface area contributed by atoms with E-state index >= 15 is 0 Å². The molecule has 0 saturated carbocycles. The van der Waals surface area contributed by atoms with E-state index in [-0.39, 0.29) is 0 Å². The topological polar surface area (TPSA) is 44.1 Å². The fourth-order valence-electron chi connectivity index (χ4n) is 7.66. The molecule has 3 aromatic heterocycles. The van der Waals surface area contributed by atoms with Gasteiger partial charge in [0.05, 0.1) is 16.4 Å². The number of fused-ring (bicyclic) bond motifs is 10. The average molecular weight is 627 g/mol. The Hall–Kier alpha value is -6.65. The summed E-state index contributed by atoms with van der Waals surface area (Å²) in [4.78, 5) is 5.34. The van der Waals surface area contributed by atoms with Gasteiger partial charge in [-0.05, 0) is 80.7 Å². The Kier molecular flexibility index (Phi) is 5.35. The zero-order chi connectivity index (χ0) is 32.1. The highest BCUT2D eigenvalue weighted by molar-refractivity contribution is 6.20. The maximum Gasteiger partial charge on any atom is 0.307 e. The molecule has 8 aromatic carbocycles. The van der Waals surface area contributed by atoms with E-state index in [0.717, 1.165) is 66.0 Å². The maximum absolute atomic E-state index is 6.93. The van der Waals surface area contributed by atoms with E-state index in [0.29, 0.717) is 6.01 Å². The van der Waals surface area contributed by atoms with Crippen molar-refractivity contribution in [2.45, 2.75) is 0 Å². The molecule has 4 heteroatoms. The molecule has 0 N–H and O–H groups in total. The molecule has 0 bridgehead atoms. The lowest BCUT2D eigenvalue weighted by atomic mass is 9.96. The van der Waals surface area contributed by atoms with Crippen molar-refractivity contribution in [3.05, 3.63) is 158 Å². The van der Waals surface area contributed by atoms with Crippen molar-refractivity contribution in [2.24, 2.45) is 0 Å². The Bertz CT molecular complexity index is 3110. The van der Waals surface area contributed by atoms with Crippen molar-refractivity contribution in [1.29, 1.82) is 0 Å². The van der Waals surface area contributed by atoms with Crippen LogP contribution < -0.4 is 0 Å². The van der Waals surface area contributed by atoms with Crippen LogP contribution in [0.5, 0.6) is 0 Å². The number of rotatable bonds is 3. The summed E-state index contributed by atoms with van der Waals surface area (Å²) >= 11 is 0. The van der Waals surface area contributed by atoms with E-state index in [1.807, 2.05) is 18.2 Å². The molecular weight excluding hydrogens is 601 g/mol. The molecule has 0 unspecified atom stereocenters. The third-order valence-corrected chi connectivity index (χ3v) is 9.99. The molecule has 11 rings (SSSR count). The van der Waals surface area contributed by atoms with Gasteiger partial charge in [0.1, 0.15) is 16.7 Å². The van der Waals surface area contributed by atoms with Gasteiger partial charge in [-0.25, -0.2) is 0 Å². The van der Waals surface area contributed by atoms with Gasteiger partial charge < -0.3 is 8.83 Å². The standard InChI is InChI=1S/C45H26N2O2/c1-2-10-27(11-3-1)30-18-19-32-23-33(21-20-31(32)22-30)36-26-41-42(35-15-7-9-17-40(35)48-41)44-43(36)46-45(49-44)47-38-16-8-6-14-34(38)37-24-28-12-4-5-13-29(28)25-39(37)47/h1-26H. The van der Waals surface area contributed by atoms with Gasteiger partial charge in [-0.1, -0.05) is 115 Å². The van der Waals surface area contributed by atoms with Crippen molar-refractivity contribution >= 4 is 76.4 Å². The molecule has 228 valence electrons. The number of aromatic nitrogens is 2. The van der Waals surface area contributed by atoms with E-state index in [1.165, 1.54) is 32.7 Å². The number of para-hydroxylation sites is 2. The maximum atomic E-state index is 6.93. The van der Waals surface area contributed by atoms with E-state index in [2.05, 4.69) is 144 Å². The lowest BCUT2D eigenvalue weighted by Gasteiger charge is -2.08. The second kappa shape index (κ2) is 9.93. The summed E-state index contributed by atoms with van der Waals surface area (Å²) < 4.78 is 15.6. The number of hydrogen-bond acceptors (Lipinski definition) is 3. The number of nitrogens with zero attached hydrogens (tertiary/aromatic N) is 2. The Morgan fingerprint density at radius 2 is 1.10 bits per heavy atom. The van der Waals surface area contributed by atoms with Crippen molar-refractivity contribution < 1.29 is 8.83 Å². The quantitative estimate of drug-likeness (QED) is 0.196. The smallest absolute Gasteiger partial charge is 0.307 e. The highest BCUT2D eigenvalue weighted by atomic mass is 16.4. The van der Waals surface area contributed by atoms with Crippen LogP contribution in [-0.4, -0.2) is 9.55 Å². The van der Waals surface area contributed by atoms with Gasteiger partial charge in [0.2, 0.25) is 0 Å². The first-order valence-electron chi connectivity index (χ1n) is 16.5. The van der Waals surface area contributed by atoms with Crippen LogP contribution in [0.2, 0.25) is 0 Å². The lowest BCUT2D eigenvalue weighted by Crippen LogP contribution is -1.93. The Labute approximate surface area is 280 Å². The van der Waals surface area contributed by atoms with Crippen molar-refractivity contribution in [3.8, 4) is 28.3 Å². The monoisotopic (exact) mass is 626 g/mol. The van der Waals surface area contributed by atoms with Crippen LogP contribution in [0.25, 0.3) is 105 Å². The molecular formula is C45H26N2O2. The predicted octanol–water partition coefficient (Wildman–Crippen LogP) is 12.5. The van der Waals surface area contributed by atoms with Crippen molar-refractivity contribution in [1.82, 2.24) is 9.55 Å². The normalized spacial score (nSPS) is 12.1. The van der Waals surface area contributed by atoms with Crippen LogP contribution in [0.15, 0.2) is 167 Å². The molecule has 11 aromatic rings. The number of oxazole rings is 1. The summed E-state index contributed by atoms with van der Waals surface area (Å²) in [6.45, 7) is 0. The van der Waals surface area contributed by atoms with Gasteiger partial charge in [0.15, 0.2) is 5.58 Å². The second-order valence-corrected chi connectivity index (χ2v) is 12.8. The van der Waals surface area contributed by atoms with Gasteiger partial charge in [-0.3, -0.25) is 4.57 Å². The van der Waals surface area contributed by atoms with Crippen molar-refractivity contribution in [2.75, 3.05) is 0 Å². The van der Waals surface area contributed by atoms with E-state index in [9.17, 15) is 0 Å². The Balaban J connectivity index is 1.19. The Morgan fingerprint density at radius 3 is 1.96 bits per heavy atom. The lowest BCUT2D eigenvalue weighted by molar-refractivity contribution is 0.577. The third kappa shape index (κ3) is 3.89. The van der Waals surface area contributed by atoms with Crippen LogP contribution >= 0.6 is 0 Å². The van der Waals surface area contributed by atoms with Crippen LogP contribution in [0.1, 0.15) is 0 Å². The molecule has 0 aliphatic rings. The average Bonchev–Trinajstić information content (AvgIpc) is 3.85. The minimum absolute atomic E-state index is 0.531. The number of hydrogen-bond donors (Lipinski definition) is 0. The van der Waals surface area contributed by atoms with Crippen LogP contribution in [-0.2, 0) is 0 Å². The minimum atomic E-state index is 0.531. The van der Waals surface area contributed by atoms with E-state index in [4.69, 9.17) is 13.8 Å². The molecule has 0 spiro atoms. The molecule has 0 amide bonds. The molecule has 0 aliphatic carbocycles. The van der Waals surface area contributed by atoms with E-state index in [1.54, 1.807) is 0 Å². The Morgan fingerprint density at radius 1 is 0.429 bits per heavy atom. The van der Waals surface area contributed by atoms with Gasteiger partial charge >= 0.3 is 6.01 Å². The van der Waals surface area contributed by atoms with Crippen LogP contribution in [0.4, 0.5) is 0 Å². The van der Waals surface area contributed by atoms with Crippen molar-refractivity contribution in [3.63, 3.8) is 0 Å². The summed E-state index contributed by atoms with van der Waals surface area (Å²) in [5.74, 6) is 0. The second-order valence-electron chi connectivity index (χ2n) is 12.8. The molecule has 0 aliphatic heterocycles. The predicted molar refractivity (Wildman–Crippen MR) is 202 cm³/mol. The largest absolute Gasteiger partial charge is 0.456 e. The van der Waals surface area contributed by atoms with Gasteiger partial charge in [0, 0.05) is 21.7 Å². The molecule has 0 atom stereocenters.